The molecule has 0 aromatic heterocycles. The summed E-state index contributed by atoms with van der Waals surface area (Å²) in [4.78, 5) is 12.0. The minimum atomic E-state index is 0.0524. The van der Waals surface area contributed by atoms with Crippen LogP contribution in [0.2, 0.25) is 0 Å². The number of rotatable bonds is 4. The molecular weight excluding hydrogens is 200 g/mol. The smallest absolute Gasteiger partial charge is 0.237 e. The normalized spacial score (nSPS) is 38.1. The van der Waals surface area contributed by atoms with Crippen LogP contribution in [-0.2, 0) is 4.79 Å². The highest BCUT2D eigenvalue weighted by Gasteiger charge is 2.39. The minimum Gasteiger partial charge on any atom is -0.352 e. The maximum atomic E-state index is 12.0. The second-order valence-electron chi connectivity index (χ2n) is 5.45. The van der Waals surface area contributed by atoms with E-state index in [9.17, 15) is 4.79 Å². The summed E-state index contributed by atoms with van der Waals surface area (Å²) in [6.07, 6.45) is 6.06. The number of piperidine rings is 1. The summed E-state index contributed by atoms with van der Waals surface area (Å²) >= 11 is 0. The van der Waals surface area contributed by atoms with Gasteiger partial charge in [0.15, 0.2) is 0 Å². The zero-order valence-electron chi connectivity index (χ0n) is 10.5. The first-order chi connectivity index (χ1) is 7.72. The van der Waals surface area contributed by atoms with Crippen molar-refractivity contribution in [2.24, 2.45) is 11.8 Å². The lowest BCUT2D eigenvalue weighted by atomic mass is 9.92. The summed E-state index contributed by atoms with van der Waals surface area (Å²) < 4.78 is 0. The third-order valence-electron chi connectivity index (χ3n) is 3.96. The van der Waals surface area contributed by atoms with E-state index in [0.717, 1.165) is 12.5 Å². The molecule has 1 aliphatic carbocycles. The van der Waals surface area contributed by atoms with Gasteiger partial charge in [0.2, 0.25) is 5.91 Å². The molecule has 16 heavy (non-hydrogen) atoms. The fourth-order valence-corrected chi connectivity index (χ4v) is 2.79. The van der Waals surface area contributed by atoms with E-state index in [1.54, 1.807) is 0 Å². The Balaban J connectivity index is 1.75. The summed E-state index contributed by atoms with van der Waals surface area (Å²) in [5.74, 6) is 1.47. The molecule has 1 saturated carbocycles. The Morgan fingerprint density at radius 3 is 3.00 bits per heavy atom. The fourth-order valence-electron chi connectivity index (χ4n) is 2.79. The minimum absolute atomic E-state index is 0.0524. The predicted octanol–water partition coefficient (Wildman–Crippen LogP) is 1.68. The molecular formula is C13H24N2O. The number of carbonyl (C=O) groups excluding carboxylic acids is 1. The van der Waals surface area contributed by atoms with Crippen LogP contribution in [0.15, 0.2) is 0 Å². The first-order valence-corrected chi connectivity index (χ1v) is 6.76. The van der Waals surface area contributed by atoms with Crippen molar-refractivity contribution in [1.82, 2.24) is 10.6 Å². The van der Waals surface area contributed by atoms with Crippen molar-refractivity contribution in [3.8, 4) is 0 Å². The Morgan fingerprint density at radius 1 is 1.50 bits per heavy atom. The van der Waals surface area contributed by atoms with E-state index in [-0.39, 0.29) is 11.9 Å². The predicted molar refractivity (Wildman–Crippen MR) is 65.1 cm³/mol. The molecule has 0 bridgehead atoms. The maximum absolute atomic E-state index is 12.0. The molecule has 4 unspecified atom stereocenters. The van der Waals surface area contributed by atoms with Crippen molar-refractivity contribution in [3.63, 3.8) is 0 Å². The standard InChI is InChI=1S/C13H24N2O/c1-3-5-10-8-11(10)15-13(16)12-9(2)6-4-7-14-12/h9-12,14H,3-8H2,1-2H3,(H,15,16). The molecule has 4 atom stereocenters. The summed E-state index contributed by atoms with van der Waals surface area (Å²) in [7, 11) is 0. The average molecular weight is 224 g/mol. The van der Waals surface area contributed by atoms with E-state index < -0.39 is 0 Å². The second kappa shape index (κ2) is 5.17. The van der Waals surface area contributed by atoms with Gasteiger partial charge in [-0.25, -0.2) is 0 Å². The molecule has 1 amide bonds. The first-order valence-electron chi connectivity index (χ1n) is 6.76. The number of hydrogen-bond donors (Lipinski definition) is 2. The van der Waals surface area contributed by atoms with Gasteiger partial charge in [0, 0.05) is 6.04 Å². The average Bonchev–Trinajstić information content (AvgIpc) is 2.97. The summed E-state index contributed by atoms with van der Waals surface area (Å²) in [6.45, 7) is 5.38. The van der Waals surface area contributed by atoms with Gasteiger partial charge in [-0.05, 0) is 44.1 Å². The number of nitrogens with one attached hydrogen (secondary N) is 2. The van der Waals surface area contributed by atoms with Crippen LogP contribution < -0.4 is 10.6 Å². The molecule has 0 aromatic rings. The summed E-state index contributed by atoms with van der Waals surface area (Å²) in [5.41, 5.74) is 0. The third-order valence-corrected chi connectivity index (χ3v) is 3.96. The fraction of sp³-hybridized carbons (Fsp3) is 0.923. The third kappa shape index (κ3) is 2.76. The van der Waals surface area contributed by atoms with Gasteiger partial charge in [-0.2, -0.15) is 0 Å². The first kappa shape index (κ1) is 11.9. The molecule has 3 nitrogen and oxygen atoms in total. The van der Waals surface area contributed by atoms with E-state index in [0.29, 0.717) is 12.0 Å². The zero-order chi connectivity index (χ0) is 11.5. The van der Waals surface area contributed by atoms with Crippen LogP contribution in [0.5, 0.6) is 0 Å². The van der Waals surface area contributed by atoms with Gasteiger partial charge in [-0.3, -0.25) is 4.79 Å². The molecule has 1 saturated heterocycles. The van der Waals surface area contributed by atoms with Gasteiger partial charge in [0.05, 0.1) is 6.04 Å². The Kier molecular flexibility index (Phi) is 3.85. The highest BCUT2D eigenvalue weighted by atomic mass is 16.2. The Hall–Kier alpha value is -0.570. The van der Waals surface area contributed by atoms with Crippen molar-refractivity contribution in [1.29, 1.82) is 0 Å². The summed E-state index contributed by atoms with van der Waals surface area (Å²) in [6, 6.07) is 0.528. The zero-order valence-corrected chi connectivity index (χ0v) is 10.5. The van der Waals surface area contributed by atoms with E-state index >= 15 is 0 Å². The highest BCUT2D eigenvalue weighted by Crippen LogP contribution is 2.34. The van der Waals surface area contributed by atoms with E-state index in [1.807, 2.05) is 0 Å². The second-order valence-corrected chi connectivity index (χ2v) is 5.45. The monoisotopic (exact) mass is 224 g/mol. The van der Waals surface area contributed by atoms with Crippen LogP contribution in [-0.4, -0.2) is 24.5 Å². The quantitative estimate of drug-likeness (QED) is 0.763. The molecule has 2 aliphatic rings. The van der Waals surface area contributed by atoms with Gasteiger partial charge in [0.25, 0.3) is 0 Å². The van der Waals surface area contributed by atoms with E-state index in [4.69, 9.17) is 0 Å². The Labute approximate surface area is 98.4 Å². The Morgan fingerprint density at radius 2 is 2.31 bits per heavy atom. The SMILES string of the molecule is CCCC1CC1NC(=O)C1NCCCC1C. The van der Waals surface area contributed by atoms with Crippen molar-refractivity contribution in [2.45, 2.75) is 58.0 Å². The topological polar surface area (TPSA) is 41.1 Å². The van der Waals surface area contributed by atoms with Gasteiger partial charge in [-0.15, -0.1) is 0 Å². The van der Waals surface area contributed by atoms with Crippen LogP contribution in [0.1, 0.15) is 46.0 Å². The van der Waals surface area contributed by atoms with Crippen molar-refractivity contribution in [3.05, 3.63) is 0 Å². The molecule has 2 fully saturated rings. The van der Waals surface area contributed by atoms with Gasteiger partial charge >= 0.3 is 0 Å². The van der Waals surface area contributed by atoms with Crippen molar-refractivity contribution >= 4 is 5.91 Å². The Bertz CT molecular complexity index is 254. The van der Waals surface area contributed by atoms with Crippen molar-refractivity contribution < 1.29 is 4.79 Å². The molecule has 0 spiro atoms. The molecule has 92 valence electrons. The van der Waals surface area contributed by atoms with Crippen LogP contribution in [0.25, 0.3) is 0 Å². The largest absolute Gasteiger partial charge is 0.352 e. The van der Waals surface area contributed by atoms with E-state index in [2.05, 4.69) is 24.5 Å². The molecule has 0 aromatic carbocycles. The number of amides is 1. The van der Waals surface area contributed by atoms with Gasteiger partial charge in [-0.1, -0.05) is 20.3 Å². The van der Waals surface area contributed by atoms with Crippen LogP contribution in [0, 0.1) is 11.8 Å². The van der Waals surface area contributed by atoms with E-state index in [1.165, 1.54) is 32.1 Å². The lowest BCUT2D eigenvalue weighted by Gasteiger charge is -2.29. The summed E-state index contributed by atoms with van der Waals surface area (Å²) in [5, 5.41) is 6.52. The lowest BCUT2D eigenvalue weighted by Crippen LogP contribution is -2.51. The molecule has 0 radical (unpaired) electrons. The highest BCUT2D eigenvalue weighted by molar-refractivity contribution is 5.82. The van der Waals surface area contributed by atoms with Crippen LogP contribution >= 0.6 is 0 Å². The van der Waals surface area contributed by atoms with Crippen LogP contribution in [0.4, 0.5) is 0 Å². The van der Waals surface area contributed by atoms with Gasteiger partial charge < -0.3 is 10.6 Å². The molecule has 2 rings (SSSR count). The van der Waals surface area contributed by atoms with Gasteiger partial charge in [0.1, 0.15) is 0 Å². The van der Waals surface area contributed by atoms with Crippen LogP contribution in [0.3, 0.4) is 0 Å². The van der Waals surface area contributed by atoms with Crippen molar-refractivity contribution in [2.75, 3.05) is 6.54 Å². The number of carbonyl (C=O) groups is 1. The molecule has 3 heteroatoms. The molecule has 1 heterocycles. The lowest BCUT2D eigenvalue weighted by molar-refractivity contribution is -0.125. The molecule has 2 N–H and O–H groups in total. The maximum Gasteiger partial charge on any atom is 0.237 e. The molecule has 1 aliphatic heterocycles. The number of hydrogen-bond acceptors (Lipinski definition) is 2.